The molecule has 0 aromatic rings. The normalized spacial score (nSPS) is 43.6. The Hall–Kier alpha value is -0.530. The molecule has 6 nitrogen and oxygen atoms in total. The molecule has 3 saturated heterocycles. The first-order valence-corrected chi connectivity index (χ1v) is 9.53. The maximum Gasteiger partial charge on any atom is 0.258 e. The molecule has 3 aliphatic heterocycles. The molecule has 134 valence electrons. The Bertz CT molecular complexity index is 510. The molecule has 5 fully saturated rings. The van der Waals surface area contributed by atoms with Gasteiger partial charge in [-0.1, -0.05) is 12.8 Å². The van der Waals surface area contributed by atoms with Gasteiger partial charge in [-0.3, -0.25) is 4.79 Å². The Morgan fingerprint density at radius 2 is 1.46 bits per heavy atom. The Morgan fingerprint density at radius 3 is 2.17 bits per heavy atom. The zero-order valence-corrected chi connectivity index (χ0v) is 14.1. The van der Waals surface area contributed by atoms with E-state index in [1.807, 2.05) is 0 Å². The van der Waals surface area contributed by atoms with Gasteiger partial charge in [-0.2, -0.15) is 0 Å². The highest BCUT2D eigenvalue weighted by atomic mass is 16.8. The van der Waals surface area contributed by atoms with Gasteiger partial charge in [0.2, 0.25) is 5.78 Å². The molecule has 0 amide bonds. The van der Waals surface area contributed by atoms with Crippen molar-refractivity contribution in [1.82, 2.24) is 0 Å². The lowest BCUT2D eigenvalue weighted by Crippen LogP contribution is -2.59. The van der Waals surface area contributed by atoms with Crippen LogP contribution in [0.4, 0.5) is 0 Å². The molecular formula is C18H26O6. The summed E-state index contributed by atoms with van der Waals surface area (Å²) in [6.45, 7) is 0.503. The van der Waals surface area contributed by atoms with Crippen molar-refractivity contribution in [2.45, 2.75) is 93.8 Å². The second-order valence-corrected chi connectivity index (χ2v) is 7.96. The Balaban J connectivity index is 1.35. The number of ketones is 1. The van der Waals surface area contributed by atoms with E-state index in [4.69, 9.17) is 23.7 Å². The molecule has 5 rings (SSSR count). The summed E-state index contributed by atoms with van der Waals surface area (Å²) < 4.78 is 30.4. The lowest BCUT2D eigenvalue weighted by Gasteiger charge is -2.38. The zero-order chi connectivity index (χ0) is 16.3. The summed E-state index contributed by atoms with van der Waals surface area (Å²) in [6, 6.07) is 0. The first-order chi connectivity index (χ1) is 11.6. The fourth-order valence-corrected chi connectivity index (χ4v) is 4.96. The minimum Gasteiger partial charge on any atom is -0.344 e. The number of carbonyl (C=O) groups is 1. The van der Waals surface area contributed by atoms with Crippen LogP contribution in [0.25, 0.3) is 0 Å². The fraction of sp³-hybridized carbons (Fsp3) is 0.944. The molecular weight excluding hydrogens is 312 g/mol. The van der Waals surface area contributed by atoms with Gasteiger partial charge in [0.15, 0.2) is 17.7 Å². The van der Waals surface area contributed by atoms with Gasteiger partial charge in [0, 0.05) is 25.7 Å². The van der Waals surface area contributed by atoms with E-state index in [-0.39, 0.29) is 18.5 Å². The second kappa shape index (κ2) is 5.48. The molecule has 0 bridgehead atoms. The summed E-state index contributed by atoms with van der Waals surface area (Å²) in [5.41, 5.74) is 0. The van der Waals surface area contributed by atoms with Crippen LogP contribution in [-0.2, 0) is 28.5 Å². The van der Waals surface area contributed by atoms with Crippen LogP contribution in [0.1, 0.15) is 64.2 Å². The molecule has 0 aromatic heterocycles. The highest BCUT2D eigenvalue weighted by molar-refractivity contribution is 5.92. The van der Waals surface area contributed by atoms with Crippen molar-refractivity contribution in [1.29, 1.82) is 0 Å². The highest BCUT2D eigenvalue weighted by Gasteiger charge is 2.65. The van der Waals surface area contributed by atoms with E-state index in [1.54, 1.807) is 0 Å². The number of fused-ring (bicyclic) bond motifs is 1. The number of hydrogen-bond acceptors (Lipinski definition) is 6. The van der Waals surface area contributed by atoms with E-state index < -0.39 is 23.5 Å². The molecule has 2 aliphatic carbocycles. The molecule has 3 heterocycles. The molecule has 6 heteroatoms. The van der Waals surface area contributed by atoms with Crippen molar-refractivity contribution in [3.05, 3.63) is 0 Å². The molecule has 5 aliphatic rings. The SMILES string of the molecule is O=C1[C@@H]2OC3(CCCCC3)O[C@@H]2CO[C@]12COC1(CCCCC1)O2. The number of Topliss-reactive ketones (excluding diaryl/α,β-unsaturated/α-hetero) is 1. The number of carbonyl (C=O) groups excluding carboxylic acids is 1. The highest BCUT2D eigenvalue weighted by Crippen LogP contribution is 2.48. The molecule has 2 saturated carbocycles. The van der Waals surface area contributed by atoms with Crippen LogP contribution in [0.15, 0.2) is 0 Å². The van der Waals surface area contributed by atoms with Crippen molar-refractivity contribution >= 4 is 5.78 Å². The summed E-state index contributed by atoms with van der Waals surface area (Å²) in [4.78, 5) is 13.1. The standard InChI is InChI=1S/C18H26O6/c19-15-14-13(22-17(23-14)9-5-2-6-10-17)11-20-18(15)12-21-16(24-18)7-3-1-4-8-16/h13-14H,1-12H2/t13-,14-,18+/m1/s1. The van der Waals surface area contributed by atoms with Crippen LogP contribution in [0, 0.1) is 0 Å². The molecule has 3 atom stereocenters. The van der Waals surface area contributed by atoms with Gasteiger partial charge in [-0.15, -0.1) is 0 Å². The fourth-order valence-electron chi connectivity index (χ4n) is 4.96. The van der Waals surface area contributed by atoms with Crippen molar-refractivity contribution in [3.8, 4) is 0 Å². The van der Waals surface area contributed by atoms with Gasteiger partial charge < -0.3 is 23.7 Å². The van der Waals surface area contributed by atoms with E-state index in [0.29, 0.717) is 6.61 Å². The van der Waals surface area contributed by atoms with Crippen LogP contribution >= 0.6 is 0 Å². The first-order valence-electron chi connectivity index (χ1n) is 9.53. The number of rotatable bonds is 0. The minimum absolute atomic E-state index is 0.149. The summed E-state index contributed by atoms with van der Waals surface area (Å²) in [6.07, 6.45) is 9.21. The Kier molecular flexibility index (Phi) is 3.59. The van der Waals surface area contributed by atoms with Crippen LogP contribution in [0.5, 0.6) is 0 Å². The predicted molar refractivity (Wildman–Crippen MR) is 82.1 cm³/mol. The summed E-state index contributed by atoms with van der Waals surface area (Å²) >= 11 is 0. The van der Waals surface area contributed by atoms with Crippen LogP contribution in [0.2, 0.25) is 0 Å². The van der Waals surface area contributed by atoms with Crippen LogP contribution < -0.4 is 0 Å². The predicted octanol–water partition coefficient (Wildman–Crippen LogP) is 2.43. The van der Waals surface area contributed by atoms with Gasteiger partial charge in [0.25, 0.3) is 5.79 Å². The monoisotopic (exact) mass is 338 g/mol. The molecule has 3 spiro atoms. The third-order valence-corrected chi connectivity index (χ3v) is 6.27. The van der Waals surface area contributed by atoms with Crippen molar-refractivity contribution in [2.75, 3.05) is 13.2 Å². The van der Waals surface area contributed by atoms with Crippen molar-refractivity contribution in [3.63, 3.8) is 0 Å². The molecule has 24 heavy (non-hydrogen) atoms. The first kappa shape index (κ1) is 15.7. The molecule has 0 aromatic carbocycles. The molecule has 0 radical (unpaired) electrons. The maximum absolute atomic E-state index is 13.1. The minimum atomic E-state index is -1.29. The van der Waals surface area contributed by atoms with Gasteiger partial charge in [-0.05, 0) is 25.7 Å². The third-order valence-electron chi connectivity index (χ3n) is 6.27. The lowest BCUT2D eigenvalue weighted by atomic mass is 9.94. The van der Waals surface area contributed by atoms with Gasteiger partial charge in [0.05, 0.1) is 6.61 Å². The summed E-state index contributed by atoms with van der Waals surface area (Å²) in [7, 11) is 0. The number of ether oxygens (including phenoxy) is 5. The summed E-state index contributed by atoms with van der Waals surface area (Å²) in [5.74, 6) is -2.66. The lowest BCUT2D eigenvalue weighted by molar-refractivity contribution is -0.279. The average molecular weight is 338 g/mol. The van der Waals surface area contributed by atoms with Crippen LogP contribution in [-0.4, -0.2) is 48.6 Å². The van der Waals surface area contributed by atoms with Gasteiger partial charge in [-0.25, -0.2) is 0 Å². The third kappa shape index (κ3) is 2.31. The molecule has 0 N–H and O–H groups in total. The van der Waals surface area contributed by atoms with E-state index in [9.17, 15) is 4.79 Å². The smallest absolute Gasteiger partial charge is 0.258 e. The van der Waals surface area contributed by atoms with Crippen molar-refractivity contribution < 1.29 is 28.5 Å². The topological polar surface area (TPSA) is 63.2 Å². The van der Waals surface area contributed by atoms with E-state index in [1.165, 1.54) is 12.8 Å². The maximum atomic E-state index is 13.1. The van der Waals surface area contributed by atoms with E-state index in [2.05, 4.69) is 0 Å². The second-order valence-electron chi connectivity index (χ2n) is 7.96. The van der Waals surface area contributed by atoms with Crippen molar-refractivity contribution in [2.24, 2.45) is 0 Å². The largest absolute Gasteiger partial charge is 0.344 e. The zero-order valence-electron chi connectivity index (χ0n) is 14.1. The number of hydrogen-bond donors (Lipinski definition) is 0. The summed E-state index contributed by atoms with van der Waals surface area (Å²) in [5, 5.41) is 0. The average Bonchev–Trinajstić information content (AvgIpc) is 3.13. The Labute approximate surface area is 142 Å². The van der Waals surface area contributed by atoms with Gasteiger partial charge in [0.1, 0.15) is 12.7 Å². The Morgan fingerprint density at radius 1 is 0.792 bits per heavy atom. The van der Waals surface area contributed by atoms with Crippen LogP contribution in [0.3, 0.4) is 0 Å². The van der Waals surface area contributed by atoms with E-state index in [0.717, 1.165) is 51.4 Å². The quantitative estimate of drug-likeness (QED) is 0.676. The van der Waals surface area contributed by atoms with Gasteiger partial charge >= 0.3 is 0 Å². The molecule has 0 unspecified atom stereocenters. The van der Waals surface area contributed by atoms with E-state index >= 15 is 0 Å².